The van der Waals surface area contributed by atoms with E-state index in [-0.39, 0.29) is 11.6 Å². The predicted octanol–water partition coefficient (Wildman–Crippen LogP) is 0.780. The van der Waals surface area contributed by atoms with E-state index in [1.807, 2.05) is 13.8 Å². The highest BCUT2D eigenvalue weighted by Gasteiger charge is 2.32. The number of fused-ring (bicyclic) bond motifs is 1. The van der Waals surface area contributed by atoms with Crippen LogP contribution < -0.4 is 10.6 Å². The molecule has 0 aliphatic carbocycles. The Morgan fingerprint density at radius 2 is 2.25 bits per heavy atom. The number of nitrogens with one attached hydrogen (secondary N) is 3. The second-order valence-electron chi connectivity index (χ2n) is 3.35. The number of amides is 2. The molecule has 5 nitrogen and oxygen atoms in total. The number of hydrogen-bond donors (Lipinski definition) is 3. The van der Waals surface area contributed by atoms with Gasteiger partial charge in [0.05, 0.1) is 5.54 Å². The van der Waals surface area contributed by atoms with Crippen molar-refractivity contribution in [1.82, 2.24) is 15.5 Å². The first-order valence-electron chi connectivity index (χ1n) is 3.73. The summed E-state index contributed by atoms with van der Waals surface area (Å²) in [5, 5.41) is 12.0. The third-order valence-electron chi connectivity index (χ3n) is 1.97. The number of carbonyl (C=O) groups is 1. The predicted molar refractivity (Wildman–Crippen MR) is 43.8 cm³/mol. The fourth-order valence-corrected chi connectivity index (χ4v) is 1.35. The highest BCUT2D eigenvalue weighted by Crippen LogP contribution is 2.28. The summed E-state index contributed by atoms with van der Waals surface area (Å²) in [6, 6.07) is -0.209. The summed E-state index contributed by atoms with van der Waals surface area (Å²) in [6.45, 7) is 3.86. The average Bonchev–Trinajstić information content (AvgIpc) is 2.32. The number of hydrogen-bond acceptors (Lipinski definition) is 2. The van der Waals surface area contributed by atoms with Crippen molar-refractivity contribution in [3.05, 3.63) is 11.8 Å². The Kier molecular flexibility index (Phi) is 1.19. The van der Waals surface area contributed by atoms with E-state index in [9.17, 15) is 4.79 Å². The molecule has 1 aromatic heterocycles. The molecule has 2 amide bonds. The molecule has 3 N–H and O–H groups in total. The number of anilines is 1. The lowest BCUT2D eigenvalue weighted by Crippen LogP contribution is -2.47. The number of aromatic nitrogens is 2. The van der Waals surface area contributed by atoms with Crippen molar-refractivity contribution < 1.29 is 4.79 Å². The van der Waals surface area contributed by atoms with Crippen molar-refractivity contribution in [2.75, 3.05) is 5.32 Å². The van der Waals surface area contributed by atoms with Gasteiger partial charge in [0.2, 0.25) is 0 Å². The molecule has 0 radical (unpaired) electrons. The van der Waals surface area contributed by atoms with E-state index in [4.69, 9.17) is 0 Å². The molecule has 0 aromatic carbocycles. The van der Waals surface area contributed by atoms with Crippen molar-refractivity contribution in [1.29, 1.82) is 0 Å². The molecule has 0 bridgehead atoms. The Bertz CT molecular complexity index is 328. The second kappa shape index (κ2) is 2.00. The minimum atomic E-state index is -0.343. The Morgan fingerprint density at radius 3 is 3.00 bits per heavy atom. The van der Waals surface area contributed by atoms with Gasteiger partial charge >= 0.3 is 6.03 Å². The summed E-state index contributed by atoms with van der Waals surface area (Å²) in [6.07, 6.45) is 1.78. The van der Waals surface area contributed by atoms with E-state index in [1.165, 1.54) is 0 Å². The highest BCUT2D eigenvalue weighted by atomic mass is 16.2. The van der Waals surface area contributed by atoms with Crippen LogP contribution in [0.5, 0.6) is 0 Å². The maximum Gasteiger partial charge on any atom is 0.321 e. The molecule has 1 aliphatic rings. The van der Waals surface area contributed by atoms with E-state index in [0.717, 1.165) is 5.56 Å². The first-order valence-corrected chi connectivity index (χ1v) is 3.73. The molecule has 1 aliphatic heterocycles. The molecule has 0 spiro atoms. The molecular formula is C7H10N4O. The van der Waals surface area contributed by atoms with Gasteiger partial charge in [-0.2, -0.15) is 5.10 Å². The molecule has 0 saturated carbocycles. The first kappa shape index (κ1) is 7.15. The first-order chi connectivity index (χ1) is 5.59. The standard InChI is InChI=1S/C7H10N4O/c1-7(2)4-3-8-11-5(4)9-6(12)10-7/h3H,1-2H3,(H3,8,9,10,11,12). The average molecular weight is 166 g/mol. The van der Waals surface area contributed by atoms with Crippen molar-refractivity contribution >= 4 is 11.8 Å². The maximum atomic E-state index is 11.1. The smallest absolute Gasteiger partial charge is 0.321 e. The van der Waals surface area contributed by atoms with Gasteiger partial charge in [-0.25, -0.2) is 4.79 Å². The number of urea groups is 1. The molecule has 5 heteroatoms. The number of aromatic amines is 1. The van der Waals surface area contributed by atoms with E-state index in [0.29, 0.717) is 5.82 Å². The fourth-order valence-electron chi connectivity index (χ4n) is 1.35. The molecular weight excluding hydrogens is 156 g/mol. The van der Waals surface area contributed by atoms with Crippen molar-refractivity contribution in [3.8, 4) is 0 Å². The monoisotopic (exact) mass is 166 g/mol. The Hall–Kier alpha value is -1.52. The number of rotatable bonds is 0. The third kappa shape index (κ3) is 0.861. The third-order valence-corrected chi connectivity index (χ3v) is 1.97. The van der Waals surface area contributed by atoms with Crippen LogP contribution in [0.4, 0.5) is 10.6 Å². The number of H-pyrrole nitrogens is 1. The van der Waals surface area contributed by atoms with Crippen molar-refractivity contribution in [2.45, 2.75) is 19.4 Å². The number of nitrogens with zero attached hydrogens (tertiary/aromatic N) is 1. The Labute approximate surface area is 69.5 Å². The Balaban J connectivity index is 2.52. The van der Waals surface area contributed by atoms with Crippen LogP contribution in [0.1, 0.15) is 19.4 Å². The van der Waals surface area contributed by atoms with Crippen LogP contribution in [0.15, 0.2) is 6.20 Å². The van der Waals surface area contributed by atoms with Gasteiger partial charge < -0.3 is 5.32 Å². The lowest BCUT2D eigenvalue weighted by atomic mass is 9.95. The van der Waals surface area contributed by atoms with Crippen LogP contribution in [0.2, 0.25) is 0 Å². The van der Waals surface area contributed by atoms with Gasteiger partial charge in [-0.3, -0.25) is 10.4 Å². The normalized spacial score (nSPS) is 19.3. The zero-order valence-electron chi connectivity index (χ0n) is 6.93. The zero-order valence-corrected chi connectivity index (χ0v) is 6.93. The van der Waals surface area contributed by atoms with E-state index >= 15 is 0 Å². The van der Waals surface area contributed by atoms with Crippen LogP contribution in [0.25, 0.3) is 0 Å². The lowest BCUT2D eigenvalue weighted by molar-refractivity contribution is 0.239. The van der Waals surface area contributed by atoms with Gasteiger partial charge in [0.25, 0.3) is 0 Å². The van der Waals surface area contributed by atoms with Gasteiger partial charge in [-0.1, -0.05) is 0 Å². The molecule has 2 heterocycles. The molecule has 2 rings (SSSR count). The minimum Gasteiger partial charge on any atom is -0.329 e. The van der Waals surface area contributed by atoms with Gasteiger partial charge in [0.15, 0.2) is 5.82 Å². The van der Waals surface area contributed by atoms with Crippen LogP contribution >= 0.6 is 0 Å². The maximum absolute atomic E-state index is 11.1. The van der Waals surface area contributed by atoms with Crippen molar-refractivity contribution in [3.63, 3.8) is 0 Å². The summed E-state index contributed by atoms with van der Waals surface area (Å²) in [5.74, 6) is 0.615. The topological polar surface area (TPSA) is 69.8 Å². The minimum absolute atomic E-state index is 0.209. The van der Waals surface area contributed by atoms with E-state index in [2.05, 4.69) is 20.8 Å². The van der Waals surface area contributed by atoms with Gasteiger partial charge in [0, 0.05) is 11.8 Å². The zero-order chi connectivity index (χ0) is 8.77. The summed E-state index contributed by atoms with van der Waals surface area (Å²) in [4.78, 5) is 11.1. The summed E-state index contributed by atoms with van der Waals surface area (Å²) in [5.41, 5.74) is 0.632. The van der Waals surface area contributed by atoms with E-state index in [1.54, 1.807) is 6.20 Å². The van der Waals surface area contributed by atoms with Crippen LogP contribution in [0, 0.1) is 0 Å². The summed E-state index contributed by atoms with van der Waals surface area (Å²) < 4.78 is 0. The molecule has 1 aromatic rings. The molecule has 64 valence electrons. The number of carbonyl (C=O) groups excluding carboxylic acids is 1. The molecule has 0 unspecified atom stereocenters. The molecule has 0 atom stereocenters. The highest BCUT2D eigenvalue weighted by molar-refractivity contribution is 5.92. The van der Waals surface area contributed by atoms with Gasteiger partial charge in [-0.15, -0.1) is 0 Å². The van der Waals surface area contributed by atoms with Crippen LogP contribution in [-0.2, 0) is 5.54 Å². The quantitative estimate of drug-likeness (QED) is 0.533. The second-order valence-corrected chi connectivity index (χ2v) is 3.35. The van der Waals surface area contributed by atoms with Crippen molar-refractivity contribution in [2.24, 2.45) is 0 Å². The van der Waals surface area contributed by atoms with E-state index < -0.39 is 0 Å². The largest absolute Gasteiger partial charge is 0.329 e. The lowest BCUT2D eigenvalue weighted by Gasteiger charge is -2.30. The summed E-state index contributed by atoms with van der Waals surface area (Å²) >= 11 is 0. The fraction of sp³-hybridized carbons (Fsp3) is 0.429. The molecule has 0 saturated heterocycles. The SMILES string of the molecule is CC1(C)NC(=O)Nc2n[nH]cc21. The molecule has 0 fully saturated rings. The molecule has 12 heavy (non-hydrogen) atoms. The van der Waals surface area contributed by atoms with Gasteiger partial charge in [0.1, 0.15) is 0 Å². The van der Waals surface area contributed by atoms with Crippen LogP contribution in [-0.4, -0.2) is 16.2 Å². The summed E-state index contributed by atoms with van der Waals surface area (Å²) in [7, 11) is 0. The van der Waals surface area contributed by atoms with Gasteiger partial charge in [-0.05, 0) is 13.8 Å². The Morgan fingerprint density at radius 1 is 1.50 bits per heavy atom. The van der Waals surface area contributed by atoms with Crippen LogP contribution in [0.3, 0.4) is 0 Å².